The topological polar surface area (TPSA) is 56.2 Å². The van der Waals surface area contributed by atoms with Crippen molar-refractivity contribution in [1.82, 2.24) is 0 Å². The van der Waals surface area contributed by atoms with Crippen LogP contribution >= 0.6 is 0 Å². The third-order valence-electron chi connectivity index (χ3n) is 2.03. The summed E-state index contributed by atoms with van der Waals surface area (Å²) in [5.41, 5.74) is 5.59. The highest BCUT2D eigenvalue weighted by atomic mass is 19.1. The summed E-state index contributed by atoms with van der Waals surface area (Å²) in [6.07, 6.45) is 1.45. The normalized spacial score (nSPS) is 10.7. The number of hydrogen-bond donors (Lipinski definition) is 1. The summed E-state index contributed by atoms with van der Waals surface area (Å²) in [5, 5.41) is 0.697. The summed E-state index contributed by atoms with van der Waals surface area (Å²) in [6.45, 7) is -0.194. The number of nitrogens with two attached hydrogens (primary N) is 1. The van der Waals surface area contributed by atoms with E-state index in [-0.39, 0.29) is 12.1 Å². The molecule has 72 valence electrons. The Balaban J connectivity index is 2.64. The predicted molar refractivity (Wildman–Crippen MR) is 49.6 cm³/mol. The smallest absolute Gasteiger partial charge is 0.179 e. The zero-order valence-corrected chi connectivity index (χ0v) is 7.29. The van der Waals surface area contributed by atoms with Gasteiger partial charge in [0.25, 0.3) is 0 Å². The molecule has 2 rings (SSSR count). The maximum atomic E-state index is 13.3. The lowest BCUT2D eigenvalue weighted by Gasteiger charge is -1.99. The van der Waals surface area contributed by atoms with Crippen molar-refractivity contribution in [1.29, 1.82) is 0 Å². The second-order valence-electron chi connectivity index (χ2n) is 2.92. The fourth-order valence-corrected chi connectivity index (χ4v) is 1.31. The van der Waals surface area contributed by atoms with Crippen molar-refractivity contribution in [3.8, 4) is 0 Å². The third kappa shape index (κ3) is 1.29. The van der Waals surface area contributed by atoms with Gasteiger partial charge in [0.05, 0.1) is 18.4 Å². The van der Waals surface area contributed by atoms with E-state index >= 15 is 0 Å². The number of benzene rings is 1. The zero-order valence-electron chi connectivity index (χ0n) is 7.29. The van der Waals surface area contributed by atoms with Crippen LogP contribution in [0.5, 0.6) is 0 Å². The zero-order chi connectivity index (χ0) is 10.1. The van der Waals surface area contributed by atoms with Gasteiger partial charge in [-0.25, -0.2) is 4.39 Å². The Labute approximate surface area is 79.3 Å². The minimum absolute atomic E-state index is 0.0152. The van der Waals surface area contributed by atoms with Crippen molar-refractivity contribution in [3.63, 3.8) is 0 Å². The molecule has 2 aromatic rings. The van der Waals surface area contributed by atoms with Crippen LogP contribution in [-0.2, 0) is 0 Å². The Morgan fingerprint density at radius 2 is 2.29 bits per heavy atom. The van der Waals surface area contributed by atoms with Crippen molar-refractivity contribution in [3.05, 3.63) is 35.8 Å². The van der Waals surface area contributed by atoms with Crippen LogP contribution < -0.4 is 5.73 Å². The van der Waals surface area contributed by atoms with E-state index in [4.69, 9.17) is 10.2 Å². The molecule has 1 aromatic heterocycles. The van der Waals surface area contributed by atoms with Gasteiger partial charge in [0.15, 0.2) is 5.78 Å². The van der Waals surface area contributed by atoms with Gasteiger partial charge in [-0.05, 0) is 12.1 Å². The second kappa shape index (κ2) is 3.23. The molecule has 0 aliphatic rings. The molecule has 0 spiro atoms. The van der Waals surface area contributed by atoms with Crippen LogP contribution in [0.2, 0.25) is 0 Å². The Hall–Kier alpha value is -1.68. The van der Waals surface area contributed by atoms with E-state index in [2.05, 4.69) is 0 Å². The molecule has 3 nitrogen and oxygen atoms in total. The van der Waals surface area contributed by atoms with Crippen LogP contribution in [0, 0.1) is 5.82 Å². The van der Waals surface area contributed by atoms with Crippen molar-refractivity contribution >= 4 is 16.8 Å². The van der Waals surface area contributed by atoms with Gasteiger partial charge in [0.1, 0.15) is 11.4 Å². The lowest BCUT2D eigenvalue weighted by Crippen LogP contribution is -2.14. The van der Waals surface area contributed by atoms with E-state index in [1.54, 1.807) is 6.07 Å². The monoisotopic (exact) mass is 193 g/mol. The lowest BCUT2D eigenvalue weighted by molar-refractivity contribution is 0.0998. The molecule has 0 aliphatic heterocycles. The van der Waals surface area contributed by atoms with Gasteiger partial charge in [0.2, 0.25) is 0 Å². The Bertz CT molecular complexity index is 490. The summed E-state index contributed by atoms with van der Waals surface area (Å²) in [4.78, 5) is 11.2. The van der Waals surface area contributed by atoms with Gasteiger partial charge in [0, 0.05) is 11.5 Å². The highest BCUT2D eigenvalue weighted by Gasteiger charge is 2.12. The molecule has 4 heteroatoms. The summed E-state index contributed by atoms with van der Waals surface area (Å²) in [7, 11) is 0. The maximum absolute atomic E-state index is 13.3. The van der Waals surface area contributed by atoms with Crippen LogP contribution in [-0.4, -0.2) is 12.3 Å². The molecular formula is C10H8FNO2. The van der Waals surface area contributed by atoms with Crippen molar-refractivity contribution in [2.24, 2.45) is 5.73 Å². The van der Waals surface area contributed by atoms with E-state index in [0.717, 1.165) is 0 Å². The number of halogens is 1. The molecule has 0 bridgehead atoms. The van der Waals surface area contributed by atoms with E-state index < -0.39 is 11.6 Å². The van der Waals surface area contributed by atoms with Crippen molar-refractivity contribution < 1.29 is 13.6 Å². The van der Waals surface area contributed by atoms with Crippen molar-refractivity contribution in [2.45, 2.75) is 0 Å². The van der Waals surface area contributed by atoms with Crippen LogP contribution in [0.4, 0.5) is 4.39 Å². The molecule has 0 fully saturated rings. The molecule has 2 N–H and O–H groups in total. The Morgan fingerprint density at radius 3 is 3.00 bits per heavy atom. The van der Waals surface area contributed by atoms with Gasteiger partial charge < -0.3 is 10.2 Å². The molecule has 0 aliphatic carbocycles. The highest BCUT2D eigenvalue weighted by Crippen LogP contribution is 2.20. The van der Waals surface area contributed by atoms with E-state index in [9.17, 15) is 9.18 Å². The minimum atomic E-state index is -0.595. The Morgan fingerprint density at radius 1 is 1.50 bits per heavy atom. The number of hydrogen-bond acceptors (Lipinski definition) is 3. The van der Waals surface area contributed by atoms with Gasteiger partial charge in [-0.15, -0.1) is 0 Å². The highest BCUT2D eigenvalue weighted by molar-refractivity contribution is 6.00. The number of carbonyl (C=O) groups excluding carboxylic acids is 1. The lowest BCUT2D eigenvalue weighted by atomic mass is 10.1. The number of Topliss-reactive ketones (excluding diaryl/α,β-unsaturated/α-hetero) is 1. The summed E-state index contributed by atoms with van der Waals surface area (Å²) in [5.74, 6) is -1.01. The molecule has 0 atom stereocenters. The van der Waals surface area contributed by atoms with Gasteiger partial charge >= 0.3 is 0 Å². The largest absolute Gasteiger partial charge is 0.464 e. The average Bonchev–Trinajstić information content (AvgIpc) is 2.62. The minimum Gasteiger partial charge on any atom is -0.464 e. The SMILES string of the molecule is NCC(=O)c1cc2ccoc2cc1F. The molecule has 14 heavy (non-hydrogen) atoms. The van der Waals surface area contributed by atoms with E-state index in [1.165, 1.54) is 18.4 Å². The van der Waals surface area contributed by atoms with Crippen LogP contribution in [0.3, 0.4) is 0 Å². The van der Waals surface area contributed by atoms with Gasteiger partial charge in [-0.3, -0.25) is 4.79 Å². The average molecular weight is 193 g/mol. The molecular weight excluding hydrogens is 185 g/mol. The number of carbonyl (C=O) groups is 1. The van der Waals surface area contributed by atoms with Crippen LogP contribution in [0.25, 0.3) is 11.0 Å². The number of fused-ring (bicyclic) bond motifs is 1. The number of rotatable bonds is 2. The molecule has 0 saturated heterocycles. The molecule has 0 amide bonds. The summed E-state index contributed by atoms with van der Waals surface area (Å²) < 4.78 is 18.3. The summed E-state index contributed by atoms with van der Waals surface area (Å²) in [6, 6.07) is 4.31. The van der Waals surface area contributed by atoms with Gasteiger partial charge in [-0.2, -0.15) is 0 Å². The quantitative estimate of drug-likeness (QED) is 0.738. The van der Waals surface area contributed by atoms with Crippen LogP contribution in [0.15, 0.2) is 28.9 Å². The third-order valence-corrected chi connectivity index (χ3v) is 2.03. The Kier molecular flexibility index (Phi) is 2.05. The fraction of sp³-hybridized carbons (Fsp3) is 0.100. The standard InChI is InChI=1S/C10H8FNO2/c11-8-4-10-6(1-2-14-10)3-7(8)9(13)5-12/h1-4H,5,12H2. The molecule has 0 unspecified atom stereocenters. The van der Waals surface area contributed by atoms with Crippen LogP contribution in [0.1, 0.15) is 10.4 Å². The maximum Gasteiger partial charge on any atom is 0.179 e. The first kappa shape index (κ1) is 8.90. The van der Waals surface area contributed by atoms with Crippen molar-refractivity contribution in [2.75, 3.05) is 6.54 Å². The molecule has 0 saturated carbocycles. The predicted octanol–water partition coefficient (Wildman–Crippen LogP) is 1.71. The van der Waals surface area contributed by atoms with Gasteiger partial charge in [-0.1, -0.05) is 0 Å². The van der Waals surface area contributed by atoms with E-state index in [0.29, 0.717) is 11.0 Å². The summed E-state index contributed by atoms with van der Waals surface area (Å²) >= 11 is 0. The number of furan rings is 1. The van der Waals surface area contributed by atoms with E-state index in [1.807, 2.05) is 0 Å². The molecule has 1 heterocycles. The first-order valence-corrected chi connectivity index (χ1v) is 4.12. The fourth-order valence-electron chi connectivity index (χ4n) is 1.31. The molecule has 0 radical (unpaired) electrons. The second-order valence-corrected chi connectivity index (χ2v) is 2.92. The molecule has 1 aromatic carbocycles. The number of ketones is 1. The first-order chi connectivity index (χ1) is 6.72. The first-order valence-electron chi connectivity index (χ1n) is 4.12.